The Morgan fingerprint density at radius 1 is 1.20 bits per heavy atom. The lowest BCUT2D eigenvalue weighted by molar-refractivity contribution is 0.891. The van der Waals surface area contributed by atoms with E-state index < -0.39 is 0 Å². The van der Waals surface area contributed by atoms with Crippen molar-refractivity contribution in [2.24, 2.45) is 0 Å². The maximum absolute atomic E-state index is 3.23. The van der Waals surface area contributed by atoms with E-state index in [0.29, 0.717) is 0 Å². The van der Waals surface area contributed by atoms with Crippen LogP contribution < -0.4 is 5.32 Å². The topological polar surface area (TPSA) is 12.0 Å². The Hall–Kier alpha value is -0.980. The highest BCUT2D eigenvalue weighted by atomic mass is 14.9. The van der Waals surface area contributed by atoms with Gasteiger partial charge in [0.2, 0.25) is 0 Å². The molecule has 0 spiro atoms. The zero-order valence-corrected chi connectivity index (χ0v) is 5.93. The van der Waals surface area contributed by atoms with Crippen molar-refractivity contribution >= 4 is 0 Å². The van der Waals surface area contributed by atoms with Gasteiger partial charge < -0.3 is 5.32 Å². The van der Waals surface area contributed by atoms with Crippen LogP contribution in [0.25, 0.3) is 0 Å². The fraction of sp³-hybridized carbons (Fsp3) is 0.333. The van der Waals surface area contributed by atoms with Crippen molar-refractivity contribution in [1.82, 2.24) is 5.32 Å². The summed E-state index contributed by atoms with van der Waals surface area (Å²) in [5.74, 6) is 0. The van der Waals surface area contributed by atoms with E-state index in [1.165, 1.54) is 24.1 Å². The summed E-state index contributed by atoms with van der Waals surface area (Å²) in [4.78, 5) is 0. The number of nitrogens with one attached hydrogen (secondary N) is 1. The first kappa shape index (κ1) is 5.78. The van der Waals surface area contributed by atoms with Gasteiger partial charge >= 0.3 is 0 Å². The lowest BCUT2D eigenvalue weighted by atomic mass is 9.99. The Morgan fingerprint density at radius 2 is 2.10 bits per heavy atom. The predicted molar refractivity (Wildman–Crippen MR) is 42.3 cm³/mol. The van der Waals surface area contributed by atoms with Crippen molar-refractivity contribution < 1.29 is 0 Å². The molecule has 2 rings (SSSR count). The van der Waals surface area contributed by atoms with E-state index >= 15 is 0 Å². The highest BCUT2D eigenvalue weighted by Crippen LogP contribution is 2.22. The van der Waals surface area contributed by atoms with Crippen LogP contribution in [0.4, 0.5) is 0 Å². The summed E-state index contributed by atoms with van der Waals surface area (Å²) in [6, 6.07) is 0. The molecule has 1 nitrogen and oxygen atoms in total. The number of allylic oxidation sites excluding steroid dienone is 4. The summed E-state index contributed by atoms with van der Waals surface area (Å²) in [7, 11) is 0. The first-order valence-electron chi connectivity index (χ1n) is 3.78. The third-order valence-corrected chi connectivity index (χ3v) is 1.95. The molecule has 10 heavy (non-hydrogen) atoms. The summed E-state index contributed by atoms with van der Waals surface area (Å²) >= 11 is 0. The van der Waals surface area contributed by atoms with Crippen molar-refractivity contribution in [2.75, 3.05) is 0 Å². The number of fused-ring (bicyclic) bond motifs is 1. The van der Waals surface area contributed by atoms with Crippen LogP contribution in [0.3, 0.4) is 0 Å². The zero-order valence-electron chi connectivity index (χ0n) is 5.93. The van der Waals surface area contributed by atoms with Crippen LogP contribution in [0.1, 0.15) is 19.3 Å². The smallest absolute Gasteiger partial charge is 0.0371 e. The first-order chi connectivity index (χ1) is 4.97. The minimum atomic E-state index is 1.11. The zero-order chi connectivity index (χ0) is 6.81. The second-order valence-electron chi connectivity index (χ2n) is 2.68. The molecular weight excluding hydrogens is 122 g/mol. The van der Waals surface area contributed by atoms with Gasteiger partial charge in [-0.3, -0.25) is 0 Å². The Balaban J connectivity index is 2.30. The Bertz CT molecular complexity index is 197. The molecule has 1 aliphatic heterocycles. The average molecular weight is 133 g/mol. The molecule has 0 atom stereocenters. The van der Waals surface area contributed by atoms with Gasteiger partial charge in [0.15, 0.2) is 0 Å². The molecule has 0 aromatic carbocycles. The van der Waals surface area contributed by atoms with E-state index in [1.54, 1.807) is 0 Å². The van der Waals surface area contributed by atoms with Crippen LogP contribution in [0.5, 0.6) is 0 Å². The maximum atomic E-state index is 3.23. The standard InChI is InChI=1S/C9H11N/c1-2-6-9-8(4-1)5-3-7-10-9/h3-4,6-7,10H,1-2,5H2. The summed E-state index contributed by atoms with van der Waals surface area (Å²) < 4.78 is 0. The Labute approximate surface area is 61.1 Å². The minimum absolute atomic E-state index is 1.11. The van der Waals surface area contributed by atoms with Gasteiger partial charge in [-0.1, -0.05) is 18.2 Å². The number of hydrogen-bond donors (Lipinski definition) is 1. The molecule has 0 radical (unpaired) electrons. The van der Waals surface area contributed by atoms with Gasteiger partial charge in [0.1, 0.15) is 0 Å². The van der Waals surface area contributed by atoms with E-state index in [0.717, 1.165) is 6.42 Å². The van der Waals surface area contributed by atoms with Crippen LogP contribution in [-0.2, 0) is 0 Å². The molecule has 0 saturated heterocycles. The molecule has 0 bridgehead atoms. The van der Waals surface area contributed by atoms with Gasteiger partial charge in [-0.25, -0.2) is 0 Å². The normalized spacial score (nSPS) is 22.4. The third kappa shape index (κ3) is 0.878. The van der Waals surface area contributed by atoms with E-state index in [-0.39, 0.29) is 0 Å². The lowest BCUT2D eigenvalue weighted by Crippen LogP contribution is -2.13. The second-order valence-corrected chi connectivity index (χ2v) is 2.68. The summed E-state index contributed by atoms with van der Waals surface area (Å²) in [5, 5.41) is 3.23. The van der Waals surface area contributed by atoms with E-state index in [9.17, 15) is 0 Å². The van der Waals surface area contributed by atoms with Gasteiger partial charge in [0, 0.05) is 5.70 Å². The molecule has 0 aromatic heterocycles. The third-order valence-electron chi connectivity index (χ3n) is 1.95. The SMILES string of the molecule is C1=CNC2=CCCC=C2C1. The van der Waals surface area contributed by atoms with Gasteiger partial charge in [-0.15, -0.1) is 0 Å². The molecule has 0 fully saturated rings. The van der Waals surface area contributed by atoms with E-state index in [1.807, 2.05) is 6.20 Å². The van der Waals surface area contributed by atoms with Crippen LogP contribution in [0.2, 0.25) is 0 Å². The molecular formula is C9H11N. The highest BCUT2D eigenvalue weighted by Gasteiger charge is 2.08. The molecule has 0 unspecified atom stereocenters. The van der Waals surface area contributed by atoms with Gasteiger partial charge in [0.25, 0.3) is 0 Å². The van der Waals surface area contributed by atoms with Gasteiger partial charge in [-0.2, -0.15) is 0 Å². The second kappa shape index (κ2) is 2.33. The van der Waals surface area contributed by atoms with Crippen LogP contribution >= 0.6 is 0 Å². The van der Waals surface area contributed by atoms with Crippen LogP contribution in [0.15, 0.2) is 35.7 Å². The molecule has 2 aliphatic rings. The Morgan fingerprint density at radius 3 is 3.00 bits per heavy atom. The molecule has 1 heterocycles. The summed E-state index contributed by atoms with van der Waals surface area (Å²) in [6.07, 6.45) is 12.3. The van der Waals surface area contributed by atoms with Gasteiger partial charge in [0.05, 0.1) is 0 Å². The molecule has 0 saturated carbocycles. The molecule has 0 amide bonds. The quantitative estimate of drug-likeness (QED) is 0.533. The fourth-order valence-electron chi connectivity index (χ4n) is 1.41. The highest BCUT2D eigenvalue weighted by molar-refractivity contribution is 5.37. The van der Waals surface area contributed by atoms with Gasteiger partial charge in [-0.05, 0) is 31.0 Å². The maximum Gasteiger partial charge on any atom is 0.0371 e. The lowest BCUT2D eigenvalue weighted by Gasteiger charge is -2.18. The molecule has 1 N–H and O–H groups in total. The largest absolute Gasteiger partial charge is 0.362 e. The number of hydrogen-bond acceptors (Lipinski definition) is 1. The summed E-state index contributed by atoms with van der Waals surface area (Å²) in [6.45, 7) is 0. The average Bonchev–Trinajstić information content (AvgIpc) is 2.05. The van der Waals surface area contributed by atoms with Crippen LogP contribution in [-0.4, -0.2) is 0 Å². The number of rotatable bonds is 0. The van der Waals surface area contributed by atoms with E-state index in [2.05, 4.69) is 23.5 Å². The molecule has 0 aromatic rings. The van der Waals surface area contributed by atoms with E-state index in [4.69, 9.17) is 0 Å². The Kier molecular flexibility index (Phi) is 1.35. The first-order valence-corrected chi connectivity index (χ1v) is 3.78. The van der Waals surface area contributed by atoms with Crippen molar-refractivity contribution in [3.8, 4) is 0 Å². The van der Waals surface area contributed by atoms with Crippen molar-refractivity contribution in [3.05, 3.63) is 35.7 Å². The van der Waals surface area contributed by atoms with Crippen molar-refractivity contribution in [1.29, 1.82) is 0 Å². The van der Waals surface area contributed by atoms with Crippen molar-refractivity contribution in [3.63, 3.8) is 0 Å². The molecule has 1 aliphatic carbocycles. The summed E-state index contributed by atoms with van der Waals surface area (Å²) in [5.41, 5.74) is 2.79. The minimum Gasteiger partial charge on any atom is -0.362 e. The molecule has 52 valence electrons. The monoisotopic (exact) mass is 133 g/mol. The fourth-order valence-corrected chi connectivity index (χ4v) is 1.41. The van der Waals surface area contributed by atoms with Crippen LogP contribution in [0, 0.1) is 0 Å². The molecule has 1 heteroatoms. The predicted octanol–water partition coefficient (Wildman–Crippen LogP) is 2.10. The van der Waals surface area contributed by atoms with Crippen molar-refractivity contribution in [2.45, 2.75) is 19.3 Å².